The lowest BCUT2D eigenvalue weighted by molar-refractivity contribution is -0.122. The van der Waals surface area contributed by atoms with Crippen LogP contribution in [0.3, 0.4) is 0 Å². The molecular weight excluding hydrogens is 562 g/mol. The number of carbonyl (C=O) groups excluding carboxylic acids is 3. The van der Waals surface area contributed by atoms with E-state index in [0.29, 0.717) is 19.4 Å². The quantitative estimate of drug-likeness (QED) is 0.146. The fraction of sp³-hybridized carbons (Fsp3) is 0.265. The molecule has 1 heterocycles. The van der Waals surface area contributed by atoms with Gasteiger partial charge in [-0.15, -0.1) is 11.8 Å². The minimum absolute atomic E-state index is 0.0250. The summed E-state index contributed by atoms with van der Waals surface area (Å²) in [4.78, 5) is 39.1. The van der Waals surface area contributed by atoms with Crippen LogP contribution in [0.25, 0.3) is 0 Å². The van der Waals surface area contributed by atoms with Gasteiger partial charge in [-0.2, -0.15) is 0 Å². The zero-order chi connectivity index (χ0) is 30.5. The summed E-state index contributed by atoms with van der Waals surface area (Å²) in [5, 5.41) is 0.0250. The third-order valence-corrected chi connectivity index (χ3v) is 8.90. The zero-order valence-electron chi connectivity index (χ0n) is 24.0. The zero-order valence-corrected chi connectivity index (χ0v) is 24.8. The highest BCUT2D eigenvalue weighted by Crippen LogP contribution is 2.52. The molecule has 0 spiro atoms. The standard InChI is InChI=1S/C34H37N3O5S/c1-3-22-41-32(39)36-35-31(38)21-20-29-24-30(25-37(29)33(40)42-23-4-2)43-34(26-14-8-5-9-15-26,27-16-10-6-11-17-27)28-18-12-7-13-19-28/h3-19,29-30H,1-2,20-25H2,(H,35,38)(H,36,39). The van der Waals surface area contributed by atoms with Gasteiger partial charge in [0.2, 0.25) is 5.91 Å². The minimum Gasteiger partial charge on any atom is -0.445 e. The average Bonchev–Trinajstić information content (AvgIpc) is 3.47. The van der Waals surface area contributed by atoms with E-state index >= 15 is 0 Å². The second-order valence-electron chi connectivity index (χ2n) is 10.0. The van der Waals surface area contributed by atoms with Crippen molar-refractivity contribution in [1.29, 1.82) is 0 Å². The molecule has 0 bridgehead atoms. The van der Waals surface area contributed by atoms with E-state index in [1.54, 1.807) is 4.90 Å². The Morgan fingerprint density at radius 1 is 0.814 bits per heavy atom. The Balaban J connectivity index is 1.59. The fourth-order valence-electron chi connectivity index (χ4n) is 5.29. The summed E-state index contributed by atoms with van der Waals surface area (Å²) in [5.41, 5.74) is 7.98. The number of nitrogens with zero attached hydrogens (tertiary/aromatic N) is 1. The van der Waals surface area contributed by atoms with E-state index in [0.717, 1.165) is 16.7 Å². The van der Waals surface area contributed by atoms with Crippen LogP contribution < -0.4 is 10.9 Å². The van der Waals surface area contributed by atoms with Crippen molar-refractivity contribution in [2.24, 2.45) is 0 Å². The lowest BCUT2D eigenvalue weighted by atomic mass is 9.84. The van der Waals surface area contributed by atoms with Crippen molar-refractivity contribution in [2.45, 2.75) is 35.3 Å². The number of thioether (sulfide) groups is 1. The van der Waals surface area contributed by atoms with E-state index in [1.807, 2.05) is 66.4 Å². The molecule has 3 amide bonds. The second kappa shape index (κ2) is 15.7. The summed E-state index contributed by atoms with van der Waals surface area (Å²) in [5.74, 6) is -0.390. The predicted octanol–water partition coefficient (Wildman–Crippen LogP) is 6.20. The first-order chi connectivity index (χ1) is 21.0. The van der Waals surface area contributed by atoms with Gasteiger partial charge in [0.1, 0.15) is 13.2 Å². The van der Waals surface area contributed by atoms with Crippen LogP contribution in [0.4, 0.5) is 9.59 Å². The lowest BCUT2D eigenvalue weighted by Gasteiger charge is -2.37. The number of amides is 3. The average molecular weight is 600 g/mol. The molecule has 1 saturated heterocycles. The van der Waals surface area contributed by atoms with Crippen molar-refractivity contribution >= 4 is 29.9 Å². The third-order valence-electron chi connectivity index (χ3n) is 7.16. The molecule has 1 fully saturated rings. The molecule has 8 nitrogen and oxygen atoms in total. The smallest absolute Gasteiger partial charge is 0.426 e. The Morgan fingerprint density at radius 2 is 1.33 bits per heavy atom. The number of carbonyl (C=O) groups is 3. The van der Waals surface area contributed by atoms with Crippen LogP contribution in [0.1, 0.15) is 36.0 Å². The number of benzene rings is 3. The van der Waals surface area contributed by atoms with Gasteiger partial charge in [-0.1, -0.05) is 116 Å². The summed E-state index contributed by atoms with van der Waals surface area (Å²) in [6.07, 6.45) is 2.89. The molecule has 1 aliphatic heterocycles. The van der Waals surface area contributed by atoms with E-state index in [2.05, 4.69) is 60.4 Å². The Hall–Kier alpha value is -4.50. The van der Waals surface area contributed by atoms with E-state index < -0.39 is 22.8 Å². The monoisotopic (exact) mass is 599 g/mol. The van der Waals surface area contributed by atoms with E-state index in [9.17, 15) is 14.4 Å². The molecule has 0 aromatic heterocycles. The number of nitrogens with one attached hydrogen (secondary N) is 2. The summed E-state index contributed by atoms with van der Waals surface area (Å²) < 4.78 is 9.70. The number of ether oxygens (including phenoxy) is 2. The third kappa shape index (κ3) is 8.08. The van der Waals surface area contributed by atoms with Crippen LogP contribution in [0.5, 0.6) is 0 Å². The summed E-state index contributed by atoms with van der Waals surface area (Å²) >= 11 is 1.81. The molecule has 0 aliphatic carbocycles. The van der Waals surface area contributed by atoms with Gasteiger partial charge in [-0.05, 0) is 29.5 Å². The molecule has 0 saturated carbocycles. The van der Waals surface area contributed by atoms with Gasteiger partial charge in [0, 0.05) is 24.3 Å². The van der Waals surface area contributed by atoms with Crippen molar-refractivity contribution < 1.29 is 23.9 Å². The van der Waals surface area contributed by atoms with Crippen molar-refractivity contribution in [1.82, 2.24) is 15.8 Å². The Labute approximate surface area is 257 Å². The number of hydrazine groups is 1. The van der Waals surface area contributed by atoms with Crippen molar-refractivity contribution in [3.05, 3.63) is 133 Å². The van der Waals surface area contributed by atoms with Gasteiger partial charge in [-0.3, -0.25) is 10.2 Å². The molecule has 1 aliphatic rings. The molecule has 43 heavy (non-hydrogen) atoms. The highest BCUT2D eigenvalue weighted by Gasteiger charge is 2.44. The van der Waals surface area contributed by atoms with Gasteiger partial charge in [-0.25, -0.2) is 15.0 Å². The van der Waals surface area contributed by atoms with E-state index in [1.165, 1.54) is 12.2 Å². The second-order valence-corrected chi connectivity index (χ2v) is 11.5. The molecule has 3 aromatic rings. The number of hydrogen-bond acceptors (Lipinski definition) is 6. The minimum atomic E-state index is -0.778. The molecule has 2 N–H and O–H groups in total. The number of rotatable bonds is 12. The maximum atomic E-state index is 13.2. The first kappa shape index (κ1) is 31.4. The molecule has 3 aromatic carbocycles. The van der Waals surface area contributed by atoms with Gasteiger partial charge in [0.05, 0.1) is 4.75 Å². The SMILES string of the molecule is C=CCOC(=O)NNC(=O)CCC1CC(SC(c2ccccc2)(c2ccccc2)c2ccccc2)CN1C(=O)OCC=C. The molecule has 4 rings (SSSR count). The fourth-order valence-corrected chi connectivity index (χ4v) is 7.16. The molecule has 224 valence electrons. The van der Waals surface area contributed by atoms with Crippen molar-refractivity contribution in [3.63, 3.8) is 0 Å². The van der Waals surface area contributed by atoms with Crippen LogP contribution in [0, 0.1) is 0 Å². The van der Waals surface area contributed by atoms with Crippen LogP contribution in [-0.2, 0) is 19.0 Å². The topological polar surface area (TPSA) is 97.0 Å². The highest BCUT2D eigenvalue weighted by atomic mass is 32.2. The molecule has 2 atom stereocenters. The molecule has 2 unspecified atom stereocenters. The highest BCUT2D eigenvalue weighted by molar-refractivity contribution is 8.01. The first-order valence-corrected chi connectivity index (χ1v) is 15.1. The Bertz CT molecular complexity index is 1270. The van der Waals surface area contributed by atoms with Crippen LogP contribution in [0.2, 0.25) is 0 Å². The van der Waals surface area contributed by atoms with E-state index in [-0.39, 0.29) is 30.9 Å². The van der Waals surface area contributed by atoms with Crippen LogP contribution >= 0.6 is 11.8 Å². The lowest BCUT2D eigenvalue weighted by Crippen LogP contribution is -2.43. The molecule has 0 radical (unpaired) electrons. The largest absolute Gasteiger partial charge is 0.445 e. The maximum Gasteiger partial charge on any atom is 0.426 e. The summed E-state index contributed by atoms with van der Waals surface area (Å²) in [7, 11) is 0. The maximum absolute atomic E-state index is 13.2. The molecule has 9 heteroatoms. The van der Waals surface area contributed by atoms with Gasteiger partial charge in [0.25, 0.3) is 0 Å². The van der Waals surface area contributed by atoms with Crippen molar-refractivity contribution in [3.8, 4) is 0 Å². The van der Waals surface area contributed by atoms with Gasteiger partial charge >= 0.3 is 12.2 Å². The van der Waals surface area contributed by atoms with Crippen molar-refractivity contribution in [2.75, 3.05) is 19.8 Å². The summed E-state index contributed by atoms with van der Waals surface area (Å²) in [6, 6.07) is 31.0. The Kier molecular flexibility index (Phi) is 11.4. The van der Waals surface area contributed by atoms with Gasteiger partial charge in [0.15, 0.2) is 0 Å². The first-order valence-electron chi connectivity index (χ1n) is 14.2. The normalized spacial score (nSPS) is 16.1. The molecular formula is C34H37N3O5S. The van der Waals surface area contributed by atoms with Crippen LogP contribution in [0.15, 0.2) is 116 Å². The number of likely N-dealkylation sites (tertiary alicyclic amines) is 1. The predicted molar refractivity (Wildman–Crippen MR) is 169 cm³/mol. The van der Waals surface area contributed by atoms with Gasteiger partial charge < -0.3 is 14.4 Å². The van der Waals surface area contributed by atoms with Crippen LogP contribution in [-0.4, -0.2) is 54.0 Å². The Morgan fingerprint density at radius 3 is 1.84 bits per heavy atom. The number of hydrogen-bond donors (Lipinski definition) is 2. The van der Waals surface area contributed by atoms with E-state index in [4.69, 9.17) is 9.47 Å². The summed E-state index contributed by atoms with van der Waals surface area (Å²) in [6.45, 7) is 7.71.